The maximum atomic E-state index is 12.0. The standard InChI is InChI=1S/C18H31O17P/c1-2-3-31-18(17(26)27)4-9(35-36(28,29)30)15(14(34-18)8(22)6-20)33-16-12(25)10(23)11(24)13(32-16)7(21)5-19/h2,7-16,19-25H,1,3-6H2,(H,26,27)(H2,28,29,30)/t7-,8+,9+,10-,11-,12-,13+,14+,15+,16+,18+/m0/s1. The number of ether oxygens (including phenoxy) is 4. The lowest BCUT2D eigenvalue weighted by molar-refractivity contribution is -0.367. The molecule has 0 aromatic rings. The molecule has 11 atom stereocenters. The molecule has 0 aliphatic carbocycles. The number of carboxylic acid groups (broad SMARTS) is 1. The van der Waals surface area contributed by atoms with E-state index >= 15 is 0 Å². The van der Waals surface area contributed by atoms with Gasteiger partial charge in [0.25, 0.3) is 5.79 Å². The first-order valence-corrected chi connectivity index (χ1v) is 12.1. The van der Waals surface area contributed by atoms with Gasteiger partial charge in [-0.2, -0.15) is 0 Å². The van der Waals surface area contributed by atoms with Gasteiger partial charge in [0, 0.05) is 6.42 Å². The van der Waals surface area contributed by atoms with Gasteiger partial charge in [-0.15, -0.1) is 6.58 Å². The molecule has 0 spiro atoms. The van der Waals surface area contributed by atoms with Crippen molar-refractivity contribution in [3.8, 4) is 0 Å². The lowest BCUT2D eigenvalue weighted by Crippen LogP contribution is -2.67. The van der Waals surface area contributed by atoms with E-state index in [-0.39, 0.29) is 0 Å². The molecule has 0 aromatic carbocycles. The fourth-order valence-electron chi connectivity index (χ4n) is 3.82. The minimum absolute atomic E-state index is 0.433. The summed E-state index contributed by atoms with van der Waals surface area (Å²) >= 11 is 0. The van der Waals surface area contributed by atoms with Crippen LogP contribution in [0, 0.1) is 0 Å². The molecule has 18 heteroatoms. The van der Waals surface area contributed by atoms with Gasteiger partial charge in [0.2, 0.25) is 0 Å². The number of hydrogen-bond donors (Lipinski definition) is 10. The highest BCUT2D eigenvalue weighted by Crippen LogP contribution is 2.45. The molecule has 2 saturated heterocycles. The van der Waals surface area contributed by atoms with Crippen LogP contribution in [0.3, 0.4) is 0 Å². The summed E-state index contributed by atoms with van der Waals surface area (Å²) in [5.41, 5.74) is 0. The van der Waals surface area contributed by atoms with Crippen LogP contribution in [0.4, 0.5) is 0 Å². The molecule has 2 fully saturated rings. The summed E-state index contributed by atoms with van der Waals surface area (Å²) in [5.74, 6) is -4.47. The molecule has 0 saturated carbocycles. The second-order valence-corrected chi connectivity index (χ2v) is 9.31. The minimum Gasteiger partial charge on any atom is -0.477 e. The van der Waals surface area contributed by atoms with Crippen LogP contribution >= 0.6 is 7.82 Å². The Morgan fingerprint density at radius 3 is 2.17 bits per heavy atom. The van der Waals surface area contributed by atoms with Gasteiger partial charge in [-0.1, -0.05) is 6.08 Å². The van der Waals surface area contributed by atoms with Crippen molar-refractivity contribution in [2.75, 3.05) is 19.8 Å². The zero-order chi connectivity index (χ0) is 27.4. The molecule has 0 radical (unpaired) electrons. The lowest BCUT2D eigenvalue weighted by Gasteiger charge is -2.49. The van der Waals surface area contributed by atoms with Gasteiger partial charge in [0.1, 0.15) is 54.9 Å². The van der Waals surface area contributed by atoms with Gasteiger partial charge in [0.05, 0.1) is 19.8 Å². The first-order chi connectivity index (χ1) is 16.7. The van der Waals surface area contributed by atoms with Gasteiger partial charge in [-0.05, 0) is 0 Å². The van der Waals surface area contributed by atoms with Gasteiger partial charge in [-0.25, -0.2) is 9.36 Å². The number of aliphatic hydroxyl groups is 7. The molecule has 0 amide bonds. The number of phosphoric acid groups is 1. The summed E-state index contributed by atoms with van der Waals surface area (Å²) in [6, 6.07) is 0. The van der Waals surface area contributed by atoms with E-state index in [0.29, 0.717) is 0 Å². The zero-order valence-corrected chi connectivity index (χ0v) is 19.6. The topological polar surface area (TPSA) is 283 Å². The van der Waals surface area contributed by atoms with E-state index in [1.165, 1.54) is 0 Å². The van der Waals surface area contributed by atoms with Gasteiger partial charge < -0.3 is 69.6 Å². The summed E-state index contributed by atoms with van der Waals surface area (Å²) in [6.07, 6.45) is -19.1. The Morgan fingerprint density at radius 2 is 1.67 bits per heavy atom. The Labute approximate surface area is 203 Å². The molecule has 0 aromatic heterocycles. The number of carboxylic acids is 1. The van der Waals surface area contributed by atoms with Crippen LogP contribution in [-0.4, -0.2) is 143 Å². The fourth-order valence-corrected chi connectivity index (χ4v) is 4.36. The molecule has 2 aliphatic heterocycles. The average Bonchev–Trinajstić information content (AvgIpc) is 2.81. The highest BCUT2D eigenvalue weighted by molar-refractivity contribution is 7.46. The normalized spacial score (nSPS) is 39.4. The van der Waals surface area contributed by atoms with Crippen molar-refractivity contribution in [3.05, 3.63) is 12.7 Å². The highest BCUT2D eigenvalue weighted by Gasteiger charge is 2.58. The largest absolute Gasteiger partial charge is 0.477 e. The van der Waals surface area contributed by atoms with Gasteiger partial charge in [-0.3, -0.25) is 4.52 Å². The Hall–Kier alpha value is -1.12. The van der Waals surface area contributed by atoms with Crippen molar-refractivity contribution in [1.82, 2.24) is 0 Å². The smallest absolute Gasteiger partial charge is 0.469 e. The Morgan fingerprint density at radius 1 is 1.08 bits per heavy atom. The van der Waals surface area contributed by atoms with Crippen LogP contribution in [-0.2, 0) is 32.8 Å². The van der Waals surface area contributed by atoms with Crippen LogP contribution < -0.4 is 0 Å². The third kappa shape index (κ3) is 7.04. The SMILES string of the molecule is C=CCO[C@]1(C(=O)O)C[C@@H](OP(=O)(O)O)[C@@H](O[C@H]2O[C@H]([C@@H](O)CO)[C@@H](O)[C@H](O)[C@@H]2O)[C@@H]([C@H](O)CO)O1. The monoisotopic (exact) mass is 550 g/mol. The zero-order valence-electron chi connectivity index (χ0n) is 18.7. The molecular formula is C18H31O17P. The predicted octanol–water partition coefficient (Wildman–Crippen LogP) is -4.86. The van der Waals surface area contributed by atoms with E-state index in [1.54, 1.807) is 0 Å². The van der Waals surface area contributed by atoms with Gasteiger partial charge >= 0.3 is 13.8 Å². The van der Waals surface area contributed by atoms with Gasteiger partial charge in [0.15, 0.2) is 6.29 Å². The number of aliphatic hydroxyl groups excluding tert-OH is 7. The molecule has 0 bridgehead atoms. The third-order valence-corrected chi connectivity index (χ3v) is 6.10. The second kappa shape index (κ2) is 12.6. The summed E-state index contributed by atoms with van der Waals surface area (Å²) in [5, 5.41) is 79.2. The molecule has 210 valence electrons. The van der Waals surface area contributed by atoms with Crippen molar-refractivity contribution in [1.29, 1.82) is 0 Å². The van der Waals surface area contributed by atoms with Crippen LogP contribution in [0.15, 0.2) is 12.7 Å². The molecule has 2 aliphatic rings. The number of aliphatic carboxylic acids is 1. The molecule has 36 heavy (non-hydrogen) atoms. The summed E-state index contributed by atoms with van der Waals surface area (Å²) in [4.78, 5) is 30.8. The lowest BCUT2D eigenvalue weighted by atomic mass is 9.91. The van der Waals surface area contributed by atoms with Crippen molar-refractivity contribution in [2.24, 2.45) is 0 Å². The van der Waals surface area contributed by atoms with Crippen molar-refractivity contribution >= 4 is 13.8 Å². The predicted molar refractivity (Wildman–Crippen MR) is 111 cm³/mol. The van der Waals surface area contributed by atoms with Crippen LogP contribution in [0.2, 0.25) is 0 Å². The van der Waals surface area contributed by atoms with Crippen molar-refractivity contribution < 1.29 is 83.5 Å². The first kappa shape index (κ1) is 31.1. The number of phosphoric ester groups is 1. The highest BCUT2D eigenvalue weighted by atomic mass is 31.2. The number of hydrogen-bond acceptors (Lipinski definition) is 14. The first-order valence-electron chi connectivity index (χ1n) is 10.5. The van der Waals surface area contributed by atoms with Crippen LogP contribution in [0.5, 0.6) is 0 Å². The maximum absolute atomic E-state index is 12.0. The minimum atomic E-state index is -5.39. The molecule has 2 rings (SSSR count). The number of rotatable bonds is 12. The van der Waals surface area contributed by atoms with Crippen molar-refractivity contribution in [3.63, 3.8) is 0 Å². The summed E-state index contributed by atoms with van der Waals surface area (Å²) < 4.78 is 37.6. The Kier molecular flexibility index (Phi) is 10.9. The Balaban J connectivity index is 2.49. The molecule has 2 heterocycles. The molecule has 17 nitrogen and oxygen atoms in total. The quantitative estimate of drug-likeness (QED) is 0.0805. The Bertz CT molecular complexity index is 792. The average molecular weight is 550 g/mol. The molecule has 10 N–H and O–H groups in total. The van der Waals surface area contributed by atoms with E-state index < -0.39 is 107 Å². The second-order valence-electron chi connectivity index (χ2n) is 8.12. The van der Waals surface area contributed by atoms with Crippen LogP contribution in [0.25, 0.3) is 0 Å². The van der Waals surface area contributed by atoms with Crippen LogP contribution in [0.1, 0.15) is 6.42 Å². The maximum Gasteiger partial charge on any atom is 0.469 e. The fraction of sp³-hybridized carbons (Fsp3) is 0.833. The van der Waals surface area contributed by atoms with E-state index in [0.717, 1.165) is 6.08 Å². The van der Waals surface area contributed by atoms with E-state index in [2.05, 4.69) is 11.1 Å². The van der Waals surface area contributed by atoms with E-state index in [4.69, 9.17) is 18.9 Å². The number of carbonyl (C=O) groups is 1. The molecular weight excluding hydrogens is 519 g/mol. The third-order valence-electron chi connectivity index (χ3n) is 5.55. The summed E-state index contributed by atoms with van der Waals surface area (Å²) in [6.45, 7) is 0.903. The summed E-state index contributed by atoms with van der Waals surface area (Å²) in [7, 11) is -5.39. The van der Waals surface area contributed by atoms with E-state index in [9.17, 15) is 60.0 Å². The van der Waals surface area contributed by atoms with Crippen molar-refractivity contribution in [2.45, 2.75) is 73.4 Å². The molecule has 0 unspecified atom stereocenters. The van der Waals surface area contributed by atoms with E-state index in [1.807, 2.05) is 0 Å².